The lowest BCUT2D eigenvalue weighted by molar-refractivity contribution is -0.134. The van der Waals surface area contributed by atoms with Gasteiger partial charge >= 0.3 is 0 Å². The minimum atomic E-state index is -0.487. The predicted molar refractivity (Wildman–Crippen MR) is 127 cm³/mol. The first-order chi connectivity index (χ1) is 16.6. The molecule has 2 amide bonds. The molecule has 3 N–H and O–H groups in total. The van der Waals surface area contributed by atoms with E-state index in [0.717, 1.165) is 0 Å². The molecule has 176 valence electrons. The molecule has 2 aromatic heterocycles. The molecule has 4 rings (SSSR count). The second-order valence-electron chi connectivity index (χ2n) is 7.63. The van der Waals surface area contributed by atoms with Gasteiger partial charge in [-0.15, -0.1) is 0 Å². The van der Waals surface area contributed by atoms with E-state index in [9.17, 15) is 9.59 Å². The Kier molecular flexibility index (Phi) is 7.23. The summed E-state index contributed by atoms with van der Waals surface area (Å²) >= 11 is 0. The maximum atomic E-state index is 12.4. The van der Waals surface area contributed by atoms with Gasteiger partial charge in [-0.05, 0) is 24.3 Å². The van der Waals surface area contributed by atoms with Crippen molar-refractivity contribution < 1.29 is 14.7 Å². The van der Waals surface area contributed by atoms with E-state index in [4.69, 9.17) is 5.11 Å². The number of rotatable bonds is 7. The Balaban J connectivity index is 1.43. The molecule has 3 aromatic rings. The van der Waals surface area contributed by atoms with Crippen molar-refractivity contribution in [2.45, 2.75) is 13.3 Å². The van der Waals surface area contributed by atoms with E-state index in [1.165, 1.54) is 6.20 Å². The zero-order chi connectivity index (χ0) is 23.9. The molecule has 1 aromatic carbocycles. The van der Waals surface area contributed by atoms with Crippen molar-refractivity contribution in [1.29, 1.82) is 0 Å². The standard InChI is InChI=1S/C23H26N8O3/c1-2-18-26-22(29-23(28-18)31-12-10-30(11-13-31)20(33)15-32)27-19-9-8-16(14-24-19)21(34)25-17-6-4-3-5-7-17/h3-9,14,32H,2,10-13,15H2,1H3,(H,25,34)(H,24,26,27,28,29). The van der Waals surface area contributed by atoms with Crippen molar-refractivity contribution in [3.05, 3.63) is 60.0 Å². The summed E-state index contributed by atoms with van der Waals surface area (Å²) in [6.07, 6.45) is 2.11. The highest BCUT2D eigenvalue weighted by Crippen LogP contribution is 2.17. The number of aryl methyl sites for hydroxylation is 1. The van der Waals surface area contributed by atoms with Gasteiger partial charge in [-0.3, -0.25) is 9.59 Å². The molecule has 1 aliphatic heterocycles. The molecule has 1 fully saturated rings. The summed E-state index contributed by atoms with van der Waals surface area (Å²) in [4.78, 5) is 45.5. The highest BCUT2D eigenvalue weighted by molar-refractivity contribution is 6.04. The van der Waals surface area contributed by atoms with Gasteiger partial charge in [-0.2, -0.15) is 15.0 Å². The van der Waals surface area contributed by atoms with Gasteiger partial charge in [0, 0.05) is 44.5 Å². The third-order valence-electron chi connectivity index (χ3n) is 5.33. The number of anilines is 4. The van der Waals surface area contributed by atoms with Crippen LogP contribution in [0.25, 0.3) is 0 Å². The van der Waals surface area contributed by atoms with Crippen LogP contribution in [0.1, 0.15) is 23.1 Å². The van der Waals surface area contributed by atoms with Crippen LogP contribution in [0.3, 0.4) is 0 Å². The summed E-state index contributed by atoms with van der Waals surface area (Å²) in [5, 5.41) is 15.0. The molecule has 0 radical (unpaired) electrons. The van der Waals surface area contributed by atoms with Gasteiger partial charge in [-0.1, -0.05) is 25.1 Å². The smallest absolute Gasteiger partial charge is 0.257 e. The number of aliphatic hydroxyl groups excluding tert-OH is 1. The number of pyridine rings is 1. The molecule has 11 nitrogen and oxygen atoms in total. The molecular formula is C23H26N8O3. The highest BCUT2D eigenvalue weighted by atomic mass is 16.3. The van der Waals surface area contributed by atoms with Crippen molar-refractivity contribution in [2.75, 3.05) is 48.3 Å². The lowest BCUT2D eigenvalue weighted by Crippen LogP contribution is -2.50. The van der Waals surface area contributed by atoms with Crippen molar-refractivity contribution in [2.24, 2.45) is 0 Å². The Hall–Kier alpha value is -4.12. The molecule has 0 bridgehead atoms. The summed E-state index contributed by atoms with van der Waals surface area (Å²) in [6.45, 7) is 3.56. The van der Waals surface area contributed by atoms with Gasteiger partial charge in [0.25, 0.3) is 5.91 Å². The third kappa shape index (κ3) is 5.62. The fourth-order valence-corrected chi connectivity index (χ4v) is 3.46. The molecule has 0 spiro atoms. The number of amides is 2. The van der Waals surface area contributed by atoms with Gasteiger partial charge in [0.15, 0.2) is 0 Å². The number of piperazine rings is 1. The average molecular weight is 463 g/mol. The van der Waals surface area contributed by atoms with Gasteiger partial charge in [0.2, 0.25) is 17.8 Å². The fourth-order valence-electron chi connectivity index (χ4n) is 3.46. The topological polar surface area (TPSA) is 136 Å². The van der Waals surface area contributed by atoms with Crippen molar-refractivity contribution in [1.82, 2.24) is 24.8 Å². The van der Waals surface area contributed by atoms with E-state index in [1.54, 1.807) is 17.0 Å². The van der Waals surface area contributed by atoms with Crippen molar-refractivity contribution in [3.63, 3.8) is 0 Å². The number of para-hydroxylation sites is 1. The van der Waals surface area contributed by atoms with E-state index in [0.29, 0.717) is 67.4 Å². The Morgan fingerprint density at radius 2 is 1.76 bits per heavy atom. The number of hydrogen-bond acceptors (Lipinski definition) is 9. The van der Waals surface area contributed by atoms with Crippen LogP contribution in [-0.4, -0.2) is 74.5 Å². The summed E-state index contributed by atoms with van der Waals surface area (Å²) in [7, 11) is 0. The molecular weight excluding hydrogens is 436 g/mol. The van der Waals surface area contributed by atoms with E-state index >= 15 is 0 Å². The number of nitrogens with one attached hydrogen (secondary N) is 2. The van der Waals surface area contributed by atoms with Gasteiger partial charge in [0.05, 0.1) is 5.56 Å². The molecule has 1 aliphatic rings. The third-order valence-corrected chi connectivity index (χ3v) is 5.33. The monoisotopic (exact) mass is 462 g/mol. The number of aliphatic hydroxyl groups is 1. The maximum absolute atomic E-state index is 12.4. The molecule has 1 saturated heterocycles. The Bertz CT molecular complexity index is 1130. The van der Waals surface area contributed by atoms with Crippen LogP contribution >= 0.6 is 0 Å². The number of carbonyl (C=O) groups is 2. The number of benzene rings is 1. The molecule has 0 saturated carbocycles. The van der Waals surface area contributed by atoms with Crippen molar-refractivity contribution in [3.8, 4) is 0 Å². The largest absolute Gasteiger partial charge is 0.387 e. The zero-order valence-corrected chi connectivity index (χ0v) is 18.8. The highest BCUT2D eigenvalue weighted by Gasteiger charge is 2.23. The summed E-state index contributed by atoms with van der Waals surface area (Å²) in [5.74, 6) is 1.46. The van der Waals surface area contributed by atoms with Crippen molar-refractivity contribution >= 4 is 35.2 Å². The molecule has 3 heterocycles. The van der Waals surface area contributed by atoms with Crippen LogP contribution in [0, 0.1) is 0 Å². The van der Waals surface area contributed by atoms with Crippen LogP contribution < -0.4 is 15.5 Å². The van der Waals surface area contributed by atoms with Crippen LogP contribution in [0.15, 0.2) is 48.7 Å². The lowest BCUT2D eigenvalue weighted by Gasteiger charge is -2.34. The fraction of sp³-hybridized carbons (Fsp3) is 0.304. The van der Waals surface area contributed by atoms with Gasteiger partial charge < -0.3 is 25.5 Å². The lowest BCUT2D eigenvalue weighted by atomic mass is 10.2. The summed E-state index contributed by atoms with van der Waals surface area (Å²) in [6, 6.07) is 12.6. The summed E-state index contributed by atoms with van der Waals surface area (Å²) in [5.41, 5.74) is 1.14. The molecule has 11 heteroatoms. The van der Waals surface area contributed by atoms with E-state index in [2.05, 4.69) is 30.6 Å². The second kappa shape index (κ2) is 10.7. The first-order valence-corrected chi connectivity index (χ1v) is 11.0. The number of aromatic nitrogens is 4. The Labute approximate surface area is 196 Å². The van der Waals surface area contributed by atoms with Crippen LogP contribution in [0.5, 0.6) is 0 Å². The first kappa shape index (κ1) is 23.1. The Morgan fingerprint density at radius 3 is 2.41 bits per heavy atom. The average Bonchev–Trinajstić information content (AvgIpc) is 2.89. The van der Waals surface area contributed by atoms with E-state index in [1.807, 2.05) is 42.2 Å². The van der Waals surface area contributed by atoms with Gasteiger partial charge in [-0.25, -0.2) is 4.98 Å². The molecule has 0 aliphatic carbocycles. The Morgan fingerprint density at radius 1 is 1.00 bits per heavy atom. The minimum Gasteiger partial charge on any atom is -0.387 e. The number of carbonyl (C=O) groups excluding carboxylic acids is 2. The first-order valence-electron chi connectivity index (χ1n) is 11.0. The van der Waals surface area contributed by atoms with E-state index < -0.39 is 6.61 Å². The SMILES string of the molecule is CCc1nc(Nc2ccc(C(=O)Nc3ccccc3)cn2)nc(N2CCN(C(=O)CO)CC2)n1. The normalized spacial score (nSPS) is 13.5. The van der Waals surface area contributed by atoms with Crippen LogP contribution in [0.4, 0.5) is 23.4 Å². The predicted octanol–water partition coefficient (Wildman–Crippen LogP) is 1.47. The quantitative estimate of drug-likeness (QED) is 0.477. The number of nitrogens with zero attached hydrogens (tertiary/aromatic N) is 6. The van der Waals surface area contributed by atoms with E-state index in [-0.39, 0.29) is 11.8 Å². The molecule has 0 unspecified atom stereocenters. The van der Waals surface area contributed by atoms with Crippen LogP contribution in [-0.2, 0) is 11.2 Å². The van der Waals surface area contributed by atoms with Crippen LogP contribution in [0.2, 0.25) is 0 Å². The minimum absolute atomic E-state index is 0.250. The summed E-state index contributed by atoms with van der Waals surface area (Å²) < 4.78 is 0. The zero-order valence-electron chi connectivity index (χ0n) is 18.8. The maximum Gasteiger partial charge on any atom is 0.257 e. The second-order valence-corrected chi connectivity index (χ2v) is 7.63. The van der Waals surface area contributed by atoms with Gasteiger partial charge in [0.1, 0.15) is 18.2 Å². The molecule has 34 heavy (non-hydrogen) atoms. The molecule has 0 atom stereocenters. The number of hydrogen-bond donors (Lipinski definition) is 3.